The van der Waals surface area contributed by atoms with Gasteiger partial charge in [-0.1, -0.05) is 13.8 Å². The van der Waals surface area contributed by atoms with Crippen molar-refractivity contribution in [3.05, 3.63) is 0 Å². The average molecular weight is 140 g/mol. The highest BCUT2D eigenvalue weighted by Crippen LogP contribution is 1.96. The molecule has 1 unspecified atom stereocenters. The largest absolute Gasteiger partial charge is 0.392 e. The molecule has 0 aliphatic heterocycles. The lowest BCUT2D eigenvalue weighted by molar-refractivity contribution is 0.133. The summed E-state index contributed by atoms with van der Waals surface area (Å²) in [5.41, 5.74) is 5.12. The normalized spacial score (nSPS) is 13.1. The minimum Gasteiger partial charge on any atom is -0.392 e. The zero-order valence-electron chi connectivity index (χ0n) is 5.29. The number of rotatable bonds is 2. The van der Waals surface area contributed by atoms with Gasteiger partial charge in [0.25, 0.3) is 0 Å². The first kappa shape index (κ1) is 11.1. The van der Waals surface area contributed by atoms with Crippen molar-refractivity contribution in [1.82, 2.24) is 0 Å². The molecule has 0 aromatic rings. The van der Waals surface area contributed by atoms with E-state index in [1.54, 1.807) is 0 Å². The predicted octanol–water partition coefficient (Wildman–Crippen LogP) is 0.384. The molecule has 3 N–H and O–H groups in total. The first-order valence-electron chi connectivity index (χ1n) is 2.56. The van der Waals surface area contributed by atoms with Crippen LogP contribution in [-0.2, 0) is 0 Å². The van der Waals surface area contributed by atoms with Crippen LogP contribution in [0.1, 0.15) is 13.8 Å². The summed E-state index contributed by atoms with van der Waals surface area (Å²) < 4.78 is 0. The molecule has 0 aromatic carbocycles. The summed E-state index contributed by atoms with van der Waals surface area (Å²) >= 11 is 0. The molecule has 0 aliphatic carbocycles. The SMILES string of the molecule is CC(C)C(O)CN.Cl. The van der Waals surface area contributed by atoms with Crippen LogP contribution in [0.25, 0.3) is 0 Å². The number of halogens is 1. The third-order valence-electron chi connectivity index (χ3n) is 1.01. The Labute approximate surface area is 56.5 Å². The van der Waals surface area contributed by atoms with Crippen LogP contribution in [0, 0.1) is 5.92 Å². The topological polar surface area (TPSA) is 46.2 Å². The summed E-state index contributed by atoms with van der Waals surface area (Å²) in [6, 6.07) is 0. The molecule has 0 aliphatic rings. The van der Waals surface area contributed by atoms with E-state index in [1.807, 2.05) is 13.8 Å². The second kappa shape index (κ2) is 5.35. The lowest BCUT2D eigenvalue weighted by Crippen LogP contribution is -2.24. The highest BCUT2D eigenvalue weighted by molar-refractivity contribution is 5.85. The molecular formula is C5H14ClNO. The van der Waals surface area contributed by atoms with Gasteiger partial charge in [0.05, 0.1) is 6.10 Å². The Bertz CT molecular complexity index is 49.7. The van der Waals surface area contributed by atoms with Crippen molar-refractivity contribution in [2.45, 2.75) is 20.0 Å². The van der Waals surface area contributed by atoms with Gasteiger partial charge in [0.15, 0.2) is 0 Å². The van der Waals surface area contributed by atoms with Crippen molar-refractivity contribution in [3.8, 4) is 0 Å². The molecule has 0 heterocycles. The van der Waals surface area contributed by atoms with Crippen molar-refractivity contribution in [1.29, 1.82) is 0 Å². The molecule has 0 fully saturated rings. The number of nitrogens with two attached hydrogens (primary N) is 1. The fraction of sp³-hybridized carbons (Fsp3) is 1.00. The number of hydrogen-bond acceptors (Lipinski definition) is 2. The van der Waals surface area contributed by atoms with E-state index in [0.29, 0.717) is 12.5 Å². The molecule has 0 radical (unpaired) electrons. The lowest BCUT2D eigenvalue weighted by atomic mass is 10.1. The second-order valence-electron chi connectivity index (χ2n) is 2.05. The van der Waals surface area contributed by atoms with Crippen LogP contribution in [0.4, 0.5) is 0 Å². The Hall–Kier alpha value is 0.210. The van der Waals surface area contributed by atoms with Crippen molar-refractivity contribution in [2.24, 2.45) is 11.7 Å². The predicted molar refractivity (Wildman–Crippen MR) is 37.1 cm³/mol. The summed E-state index contributed by atoms with van der Waals surface area (Å²) in [7, 11) is 0. The molecule has 52 valence electrons. The summed E-state index contributed by atoms with van der Waals surface area (Å²) in [5.74, 6) is 0.296. The fourth-order valence-corrected chi connectivity index (χ4v) is 0.272. The van der Waals surface area contributed by atoms with E-state index < -0.39 is 0 Å². The zero-order valence-corrected chi connectivity index (χ0v) is 6.11. The molecule has 0 rings (SSSR count). The van der Waals surface area contributed by atoms with Crippen LogP contribution in [0.5, 0.6) is 0 Å². The summed E-state index contributed by atoms with van der Waals surface area (Å²) in [4.78, 5) is 0. The van der Waals surface area contributed by atoms with E-state index in [1.165, 1.54) is 0 Å². The van der Waals surface area contributed by atoms with Crippen molar-refractivity contribution in [3.63, 3.8) is 0 Å². The molecule has 0 saturated heterocycles. The van der Waals surface area contributed by atoms with Crippen LogP contribution in [0.2, 0.25) is 0 Å². The smallest absolute Gasteiger partial charge is 0.0685 e. The lowest BCUT2D eigenvalue weighted by Gasteiger charge is -2.09. The van der Waals surface area contributed by atoms with Crippen LogP contribution in [-0.4, -0.2) is 17.8 Å². The van der Waals surface area contributed by atoms with Crippen LogP contribution in [0.15, 0.2) is 0 Å². The van der Waals surface area contributed by atoms with Gasteiger partial charge < -0.3 is 10.8 Å². The Morgan fingerprint density at radius 1 is 1.50 bits per heavy atom. The van der Waals surface area contributed by atoms with Crippen LogP contribution >= 0.6 is 12.4 Å². The maximum Gasteiger partial charge on any atom is 0.0685 e. The molecule has 3 heteroatoms. The standard InChI is InChI=1S/C5H13NO.ClH/c1-4(2)5(7)3-6;/h4-5,7H,3,6H2,1-2H3;1H. The maximum atomic E-state index is 8.81. The highest BCUT2D eigenvalue weighted by atomic mass is 35.5. The van der Waals surface area contributed by atoms with E-state index in [2.05, 4.69) is 0 Å². The Morgan fingerprint density at radius 2 is 1.88 bits per heavy atom. The van der Waals surface area contributed by atoms with Gasteiger partial charge in [-0.25, -0.2) is 0 Å². The molecule has 0 saturated carbocycles. The number of aliphatic hydroxyl groups is 1. The van der Waals surface area contributed by atoms with Crippen molar-refractivity contribution >= 4 is 12.4 Å². The molecular weight excluding hydrogens is 126 g/mol. The van der Waals surface area contributed by atoms with Gasteiger partial charge in [-0.2, -0.15) is 0 Å². The van der Waals surface area contributed by atoms with E-state index >= 15 is 0 Å². The summed E-state index contributed by atoms with van der Waals surface area (Å²) in [6.45, 7) is 4.26. The van der Waals surface area contributed by atoms with Gasteiger partial charge in [0.2, 0.25) is 0 Å². The van der Waals surface area contributed by atoms with Crippen molar-refractivity contribution in [2.75, 3.05) is 6.54 Å². The highest BCUT2D eigenvalue weighted by Gasteiger charge is 2.03. The van der Waals surface area contributed by atoms with Gasteiger partial charge in [-0.05, 0) is 5.92 Å². The molecule has 8 heavy (non-hydrogen) atoms. The number of hydrogen-bond donors (Lipinski definition) is 2. The molecule has 1 atom stereocenters. The van der Waals surface area contributed by atoms with Crippen LogP contribution in [0.3, 0.4) is 0 Å². The van der Waals surface area contributed by atoms with E-state index in [-0.39, 0.29) is 18.5 Å². The molecule has 0 spiro atoms. The van der Waals surface area contributed by atoms with Gasteiger partial charge in [0, 0.05) is 6.54 Å². The monoisotopic (exact) mass is 139 g/mol. The van der Waals surface area contributed by atoms with Crippen molar-refractivity contribution < 1.29 is 5.11 Å². The van der Waals surface area contributed by atoms with Gasteiger partial charge >= 0.3 is 0 Å². The molecule has 0 bridgehead atoms. The van der Waals surface area contributed by atoms with E-state index in [0.717, 1.165) is 0 Å². The van der Waals surface area contributed by atoms with E-state index in [4.69, 9.17) is 10.8 Å². The van der Waals surface area contributed by atoms with Crippen LogP contribution < -0.4 is 5.73 Å². The summed E-state index contributed by atoms with van der Waals surface area (Å²) in [5, 5.41) is 8.81. The minimum atomic E-state index is -0.319. The Morgan fingerprint density at radius 3 is 1.88 bits per heavy atom. The quantitative estimate of drug-likeness (QED) is 0.581. The molecule has 2 nitrogen and oxygen atoms in total. The average Bonchev–Trinajstić information content (AvgIpc) is 1.65. The Kier molecular flexibility index (Phi) is 7.40. The second-order valence-corrected chi connectivity index (χ2v) is 2.05. The number of aliphatic hydroxyl groups excluding tert-OH is 1. The maximum absolute atomic E-state index is 8.81. The van der Waals surface area contributed by atoms with Gasteiger partial charge in [-0.3, -0.25) is 0 Å². The molecule has 0 amide bonds. The third kappa shape index (κ3) is 4.37. The fourth-order valence-electron chi connectivity index (χ4n) is 0.272. The van der Waals surface area contributed by atoms with Gasteiger partial charge in [-0.15, -0.1) is 12.4 Å². The third-order valence-corrected chi connectivity index (χ3v) is 1.01. The zero-order chi connectivity index (χ0) is 5.86. The minimum absolute atomic E-state index is 0. The van der Waals surface area contributed by atoms with Gasteiger partial charge in [0.1, 0.15) is 0 Å². The molecule has 0 aromatic heterocycles. The van der Waals surface area contributed by atoms with E-state index in [9.17, 15) is 0 Å². The first-order valence-corrected chi connectivity index (χ1v) is 2.56. The Balaban J connectivity index is 0. The summed E-state index contributed by atoms with van der Waals surface area (Å²) in [6.07, 6.45) is -0.319. The first-order chi connectivity index (χ1) is 3.18.